The minimum absolute atomic E-state index is 0.225. The van der Waals surface area contributed by atoms with Crippen molar-refractivity contribution < 1.29 is 14.3 Å². The Kier molecular flexibility index (Phi) is 8.73. The van der Waals surface area contributed by atoms with E-state index in [0.29, 0.717) is 34.9 Å². The molecule has 2 rings (SSSR count). The van der Waals surface area contributed by atoms with Gasteiger partial charge in [-0.15, -0.1) is 0 Å². The number of hydrogen-bond acceptors (Lipinski definition) is 4. The number of anilines is 1. The summed E-state index contributed by atoms with van der Waals surface area (Å²) in [5.74, 6) is 1.81. The third-order valence-corrected chi connectivity index (χ3v) is 4.62. The normalized spacial score (nSPS) is 10.5. The number of rotatable bonds is 8. The third kappa shape index (κ3) is 7.13. The van der Waals surface area contributed by atoms with Crippen molar-refractivity contribution in [1.82, 2.24) is 5.32 Å². The second kappa shape index (κ2) is 11.0. The van der Waals surface area contributed by atoms with Crippen molar-refractivity contribution in [1.29, 1.82) is 0 Å². The molecule has 1 amide bonds. The maximum Gasteiger partial charge on any atom is 0.257 e. The maximum absolute atomic E-state index is 12.4. The summed E-state index contributed by atoms with van der Waals surface area (Å²) in [4.78, 5) is 12.4. The van der Waals surface area contributed by atoms with Gasteiger partial charge in [-0.2, -0.15) is 0 Å². The van der Waals surface area contributed by atoms with Crippen LogP contribution in [0.2, 0.25) is 0 Å². The fourth-order valence-electron chi connectivity index (χ4n) is 2.30. The largest absolute Gasteiger partial charge is 0.494 e. The molecule has 0 spiro atoms. The molecule has 0 aliphatic carbocycles. The van der Waals surface area contributed by atoms with E-state index >= 15 is 0 Å². The number of nitrogens with one attached hydrogen (secondary N) is 2. The van der Waals surface area contributed by atoms with Crippen LogP contribution in [0, 0.1) is 5.92 Å². The first-order chi connectivity index (χ1) is 13.4. The first kappa shape index (κ1) is 22.2. The summed E-state index contributed by atoms with van der Waals surface area (Å²) < 4.78 is 11.9. The molecule has 0 aliphatic heterocycles. The van der Waals surface area contributed by atoms with Crippen LogP contribution in [0.1, 0.15) is 37.6 Å². The zero-order valence-corrected chi connectivity index (χ0v) is 18.7. The average Bonchev–Trinajstić information content (AvgIpc) is 2.64. The molecule has 5 nitrogen and oxygen atoms in total. The van der Waals surface area contributed by atoms with Gasteiger partial charge in [0.15, 0.2) is 5.11 Å². The van der Waals surface area contributed by atoms with Crippen LogP contribution in [0.4, 0.5) is 5.69 Å². The van der Waals surface area contributed by atoms with Gasteiger partial charge in [0.05, 0.1) is 17.7 Å². The van der Waals surface area contributed by atoms with Gasteiger partial charge in [-0.05, 0) is 89.9 Å². The van der Waals surface area contributed by atoms with Crippen molar-refractivity contribution in [3.63, 3.8) is 0 Å². The number of thiocarbonyl (C=S) groups is 1. The number of benzene rings is 2. The van der Waals surface area contributed by atoms with Crippen LogP contribution in [0.3, 0.4) is 0 Å². The molecule has 0 aliphatic rings. The summed E-state index contributed by atoms with van der Waals surface area (Å²) >= 11 is 8.64. The van der Waals surface area contributed by atoms with E-state index in [1.54, 1.807) is 18.2 Å². The average molecular weight is 465 g/mol. The van der Waals surface area contributed by atoms with Gasteiger partial charge >= 0.3 is 0 Å². The van der Waals surface area contributed by atoms with Crippen molar-refractivity contribution >= 4 is 44.9 Å². The molecule has 2 aromatic rings. The molecule has 0 atom stereocenters. The van der Waals surface area contributed by atoms with Crippen molar-refractivity contribution in [2.45, 2.75) is 27.2 Å². The Morgan fingerprint density at radius 1 is 1.14 bits per heavy atom. The fraction of sp³-hybridized carbons (Fsp3) is 0.333. The fourth-order valence-corrected chi connectivity index (χ4v) is 3.00. The number of amides is 1. The van der Waals surface area contributed by atoms with E-state index in [-0.39, 0.29) is 11.0 Å². The number of halogens is 1. The second-order valence-electron chi connectivity index (χ2n) is 6.54. The Bertz CT molecular complexity index is 810. The standard InChI is InChI=1S/C21H25BrN2O3S/c1-4-26-19-10-5-15(13-18(19)22)20(25)24-21(28)23-16-6-8-17(9-7-16)27-12-11-14(2)3/h5-10,13-14H,4,11-12H2,1-3H3,(H2,23,24,25,28). The van der Waals surface area contributed by atoms with E-state index in [2.05, 4.69) is 40.4 Å². The molecule has 150 valence electrons. The van der Waals surface area contributed by atoms with Gasteiger partial charge in [0.2, 0.25) is 0 Å². The predicted octanol–water partition coefficient (Wildman–Crippen LogP) is 5.40. The first-order valence-corrected chi connectivity index (χ1v) is 10.4. The summed E-state index contributed by atoms with van der Waals surface area (Å²) in [5.41, 5.74) is 1.25. The predicted molar refractivity (Wildman–Crippen MR) is 120 cm³/mol. The Balaban J connectivity index is 1.87. The Morgan fingerprint density at radius 2 is 1.86 bits per heavy atom. The molecule has 0 saturated carbocycles. The molecule has 2 aromatic carbocycles. The quantitative estimate of drug-likeness (QED) is 0.512. The van der Waals surface area contributed by atoms with Gasteiger partial charge < -0.3 is 14.8 Å². The molecule has 0 heterocycles. The van der Waals surface area contributed by atoms with Crippen LogP contribution in [0.5, 0.6) is 11.5 Å². The Labute approximate surface area is 179 Å². The summed E-state index contributed by atoms with van der Waals surface area (Å²) in [6.07, 6.45) is 1.01. The van der Waals surface area contributed by atoms with E-state index in [1.165, 1.54) is 0 Å². The summed E-state index contributed by atoms with van der Waals surface area (Å²) in [6, 6.07) is 12.6. The monoisotopic (exact) mass is 464 g/mol. The van der Waals surface area contributed by atoms with E-state index < -0.39 is 0 Å². The van der Waals surface area contributed by atoms with E-state index in [9.17, 15) is 4.79 Å². The van der Waals surface area contributed by atoms with Crippen LogP contribution in [0.15, 0.2) is 46.9 Å². The van der Waals surface area contributed by atoms with Crippen LogP contribution in [0.25, 0.3) is 0 Å². The smallest absolute Gasteiger partial charge is 0.257 e. The highest BCUT2D eigenvalue weighted by atomic mass is 79.9. The molecule has 0 aromatic heterocycles. The van der Waals surface area contributed by atoms with E-state index in [1.807, 2.05) is 31.2 Å². The van der Waals surface area contributed by atoms with Crippen molar-refractivity contribution in [3.05, 3.63) is 52.5 Å². The number of hydrogen-bond donors (Lipinski definition) is 2. The van der Waals surface area contributed by atoms with E-state index in [0.717, 1.165) is 17.9 Å². The zero-order chi connectivity index (χ0) is 20.5. The molecule has 0 saturated heterocycles. The van der Waals surface area contributed by atoms with Crippen LogP contribution < -0.4 is 20.1 Å². The van der Waals surface area contributed by atoms with Gasteiger partial charge in [-0.25, -0.2) is 0 Å². The SMILES string of the molecule is CCOc1ccc(C(=O)NC(=S)Nc2ccc(OCCC(C)C)cc2)cc1Br. The number of carbonyl (C=O) groups is 1. The molecule has 0 radical (unpaired) electrons. The molecule has 2 N–H and O–H groups in total. The Morgan fingerprint density at radius 3 is 2.46 bits per heavy atom. The lowest BCUT2D eigenvalue weighted by molar-refractivity contribution is 0.0977. The highest BCUT2D eigenvalue weighted by molar-refractivity contribution is 9.10. The third-order valence-electron chi connectivity index (χ3n) is 3.80. The summed E-state index contributed by atoms with van der Waals surface area (Å²) in [6.45, 7) is 7.48. The van der Waals surface area contributed by atoms with Gasteiger partial charge in [0, 0.05) is 11.3 Å². The highest BCUT2D eigenvalue weighted by Gasteiger charge is 2.11. The minimum Gasteiger partial charge on any atom is -0.494 e. The summed E-state index contributed by atoms with van der Waals surface area (Å²) in [7, 11) is 0. The lowest BCUT2D eigenvalue weighted by atomic mass is 10.1. The topological polar surface area (TPSA) is 59.6 Å². The molecule has 0 fully saturated rings. The van der Waals surface area contributed by atoms with Gasteiger partial charge in [-0.3, -0.25) is 10.1 Å². The molecule has 0 bridgehead atoms. The highest BCUT2D eigenvalue weighted by Crippen LogP contribution is 2.26. The van der Waals surface area contributed by atoms with Crippen molar-refractivity contribution in [2.24, 2.45) is 5.92 Å². The van der Waals surface area contributed by atoms with Crippen LogP contribution in [-0.4, -0.2) is 24.2 Å². The maximum atomic E-state index is 12.4. The van der Waals surface area contributed by atoms with Crippen molar-refractivity contribution in [3.8, 4) is 11.5 Å². The molecule has 28 heavy (non-hydrogen) atoms. The zero-order valence-electron chi connectivity index (χ0n) is 16.3. The van der Waals surface area contributed by atoms with Crippen molar-refractivity contribution in [2.75, 3.05) is 18.5 Å². The summed E-state index contributed by atoms with van der Waals surface area (Å²) in [5, 5.41) is 5.90. The molecular formula is C21H25BrN2O3S. The molecule has 0 unspecified atom stereocenters. The minimum atomic E-state index is -0.296. The lowest BCUT2D eigenvalue weighted by Gasteiger charge is -2.12. The van der Waals surface area contributed by atoms with Gasteiger partial charge in [0.1, 0.15) is 11.5 Å². The number of ether oxygens (including phenoxy) is 2. The van der Waals surface area contributed by atoms with E-state index in [4.69, 9.17) is 21.7 Å². The van der Waals surface area contributed by atoms with Gasteiger partial charge in [0.25, 0.3) is 5.91 Å². The van der Waals surface area contributed by atoms with Crippen LogP contribution in [-0.2, 0) is 0 Å². The molecular weight excluding hydrogens is 440 g/mol. The lowest BCUT2D eigenvalue weighted by Crippen LogP contribution is -2.34. The Hall–Kier alpha value is -2.12. The first-order valence-electron chi connectivity index (χ1n) is 9.16. The molecule has 7 heteroatoms. The van der Waals surface area contributed by atoms with Gasteiger partial charge in [-0.1, -0.05) is 13.8 Å². The number of carbonyl (C=O) groups excluding carboxylic acids is 1. The van der Waals surface area contributed by atoms with Crippen LogP contribution >= 0.6 is 28.1 Å². The second-order valence-corrected chi connectivity index (χ2v) is 7.80.